The van der Waals surface area contributed by atoms with Crippen LogP contribution < -0.4 is 5.32 Å². The zero-order chi connectivity index (χ0) is 15.0. The standard InChI is InChI=1S/C15H22N2O3/c1-12-6-8-13(9-7-12)16-14(18)11-17(2)10-4-5-15(19)20-3/h6-9H,4-5,10-11H2,1-3H3,(H,16,18). The van der Waals surface area contributed by atoms with E-state index in [1.807, 2.05) is 43.1 Å². The molecular weight excluding hydrogens is 256 g/mol. The molecule has 1 N–H and O–H groups in total. The summed E-state index contributed by atoms with van der Waals surface area (Å²) in [6.45, 7) is 2.98. The Bertz CT molecular complexity index is 443. The van der Waals surface area contributed by atoms with Crippen molar-refractivity contribution in [1.29, 1.82) is 0 Å². The second-order valence-corrected chi connectivity index (χ2v) is 4.83. The third-order valence-electron chi connectivity index (χ3n) is 2.90. The zero-order valence-electron chi connectivity index (χ0n) is 12.3. The van der Waals surface area contributed by atoms with Crippen LogP contribution >= 0.6 is 0 Å². The molecule has 0 atom stereocenters. The fourth-order valence-corrected chi connectivity index (χ4v) is 1.76. The number of ether oxygens (including phenoxy) is 1. The maximum absolute atomic E-state index is 11.8. The molecule has 0 bridgehead atoms. The Morgan fingerprint density at radius 2 is 1.90 bits per heavy atom. The summed E-state index contributed by atoms with van der Waals surface area (Å²) in [4.78, 5) is 24.7. The highest BCUT2D eigenvalue weighted by molar-refractivity contribution is 5.92. The first-order valence-electron chi connectivity index (χ1n) is 6.63. The van der Waals surface area contributed by atoms with Gasteiger partial charge in [0.15, 0.2) is 0 Å². The molecule has 0 saturated carbocycles. The molecule has 0 heterocycles. The Morgan fingerprint density at radius 3 is 2.50 bits per heavy atom. The van der Waals surface area contributed by atoms with E-state index in [-0.39, 0.29) is 11.9 Å². The molecule has 1 rings (SSSR count). The summed E-state index contributed by atoms with van der Waals surface area (Å²) in [7, 11) is 3.23. The number of nitrogens with one attached hydrogen (secondary N) is 1. The van der Waals surface area contributed by atoms with Crippen LogP contribution in [0.3, 0.4) is 0 Å². The zero-order valence-corrected chi connectivity index (χ0v) is 12.3. The van der Waals surface area contributed by atoms with Crippen molar-refractivity contribution >= 4 is 17.6 Å². The van der Waals surface area contributed by atoms with Gasteiger partial charge < -0.3 is 10.1 Å². The number of hydrogen-bond donors (Lipinski definition) is 1. The molecule has 0 aliphatic carbocycles. The van der Waals surface area contributed by atoms with Crippen molar-refractivity contribution in [2.75, 3.05) is 32.6 Å². The smallest absolute Gasteiger partial charge is 0.305 e. The van der Waals surface area contributed by atoms with Crippen LogP contribution in [0.25, 0.3) is 0 Å². The molecular formula is C15H22N2O3. The number of carbonyl (C=O) groups excluding carboxylic acids is 2. The second kappa shape index (κ2) is 8.32. The summed E-state index contributed by atoms with van der Waals surface area (Å²) < 4.78 is 4.57. The van der Waals surface area contributed by atoms with E-state index in [4.69, 9.17) is 0 Å². The average molecular weight is 278 g/mol. The normalized spacial score (nSPS) is 10.4. The topological polar surface area (TPSA) is 58.6 Å². The number of esters is 1. The lowest BCUT2D eigenvalue weighted by atomic mass is 10.2. The van der Waals surface area contributed by atoms with Crippen molar-refractivity contribution in [3.63, 3.8) is 0 Å². The number of nitrogens with zero attached hydrogens (tertiary/aromatic N) is 1. The number of hydrogen-bond acceptors (Lipinski definition) is 4. The summed E-state index contributed by atoms with van der Waals surface area (Å²) in [5, 5.41) is 2.84. The van der Waals surface area contributed by atoms with Gasteiger partial charge in [-0.05, 0) is 39.1 Å². The molecule has 1 amide bonds. The van der Waals surface area contributed by atoms with Crippen molar-refractivity contribution in [2.24, 2.45) is 0 Å². The Balaban J connectivity index is 2.27. The van der Waals surface area contributed by atoms with Gasteiger partial charge in [-0.3, -0.25) is 14.5 Å². The fraction of sp³-hybridized carbons (Fsp3) is 0.467. The summed E-state index contributed by atoms with van der Waals surface area (Å²) in [5.41, 5.74) is 1.95. The van der Waals surface area contributed by atoms with Gasteiger partial charge in [0.1, 0.15) is 0 Å². The summed E-state index contributed by atoms with van der Waals surface area (Å²) in [5.74, 6) is -0.281. The van der Waals surface area contributed by atoms with Crippen molar-refractivity contribution < 1.29 is 14.3 Å². The lowest BCUT2D eigenvalue weighted by Gasteiger charge is -2.15. The van der Waals surface area contributed by atoms with Crippen LogP contribution in [0, 0.1) is 6.92 Å². The number of methoxy groups -OCH3 is 1. The summed E-state index contributed by atoms with van der Waals surface area (Å²) in [6, 6.07) is 7.67. The number of likely N-dealkylation sites (N-methyl/N-ethyl adjacent to an activating group) is 1. The first-order chi connectivity index (χ1) is 9.51. The van der Waals surface area contributed by atoms with E-state index < -0.39 is 0 Å². The number of amides is 1. The van der Waals surface area contributed by atoms with Gasteiger partial charge in [0, 0.05) is 12.1 Å². The van der Waals surface area contributed by atoms with Gasteiger partial charge in [-0.25, -0.2) is 0 Å². The van der Waals surface area contributed by atoms with E-state index >= 15 is 0 Å². The molecule has 0 aliphatic rings. The summed E-state index contributed by atoms with van der Waals surface area (Å²) >= 11 is 0. The van der Waals surface area contributed by atoms with Crippen LogP contribution in [0.4, 0.5) is 5.69 Å². The Kier molecular flexibility index (Phi) is 6.73. The Labute approximate surface area is 119 Å². The van der Waals surface area contributed by atoms with E-state index in [0.29, 0.717) is 25.9 Å². The molecule has 0 fully saturated rings. The van der Waals surface area contributed by atoms with E-state index in [1.54, 1.807) is 0 Å². The molecule has 20 heavy (non-hydrogen) atoms. The average Bonchev–Trinajstić information content (AvgIpc) is 2.41. The third-order valence-corrected chi connectivity index (χ3v) is 2.90. The molecule has 0 radical (unpaired) electrons. The molecule has 5 nitrogen and oxygen atoms in total. The van der Waals surface area contributed by atoms with E-state index in [1.165, 1.54) is 7.11 Å². The highest BCUT2D eigenvalue weighted by Crippen LogP contribution is 2.08. The largest absolute Gasteiger partial charge is 0.469 e. The predicted octanol–water partition coefficient (Wildman–Crippen LogP) is 1.82. The molecule has 0 aromatic heterocycles. The number of benzene rings is 1. The monoisotopic (exact) mass is 278 g/mol. The van der Waals surface area contributed by atoms with Crippen LogP contribution in [-0.2, 0) is 14.3 Å². The van der Waals surface area contributed by atoms with Gasteiger partial charge in [0.05, 0.1) is 13.7 Å². The van der Waals surface area contributed by atoms with Crippen molar-refractivity contribution in [3.8, 4) is 0 Å². The maximum Gasteiger partial charge on any atom is 0.305 e. The number of anilines is 1. The molecule has 110 valence electrons. The summed E-state index contributed by atoms with van der Waals surface area (Å²) in [6.07, 6.45) is 1.06. The SMILES string of the molecule is COC(=O)CCCN(C)CC(=O)Nc1ccc(C)cc1. The van der Waals surface area contributed by atoms with Crippen molar-refractivity contribution in [2.45, 2.75) is 19.8 Å². The van der Waals surface area contributed by atoms with Crippen LogP contribution in [0.2, 0.25) is 0 Å². The number of carbonyl (C=O) groups is 2. The minimum Gasteiger partial charge on any atom is -0.469 e. The Hall–Kier alpha value is -1.88. The molecule has 0 saturated heterocycles. The highest BCUT2D eigenvalue weighted by atomic mass is 16.5. The number of aryl methyl sites for hydroxylation is 1. The minimum absolute atomic E-state index is 0.0607. The molecule has 1 aromatic rings. The van der Waals surface area contributed by atoms with Crippen LogP contribution in [0.15, 0.2) is 24.3 Å². The van der Waals surface area contributed by atoms with E-state index in [9.17, 15) is 9.59 Å². The quantitative estimate of drug-likeness (QED) is 0.773. The minimum atomic E-state index is -0.220. The fourth-order valence-electron chi connectivity index (χ4n) is 1.76. The molecule has 0 unspecified atom stereocenters. The Morgan fingerprint density at radius 1 is 1.25 bits per heavy atom. The van der Waals surface area contributed by atoms with Crippen LogP contribution in [0.1, 0.15) is 18.4 Å². The molecule has 0 aliphatic heterocycles. The first-order valence-corrected chi connectivity index (χ1v) is 6.63. The van der Waals surface area contributed by atoms with E-state index in [0.717, 1.165) is 11.3 Å². The maximum atomic E-state index is 11.8. The lowest BCUT2D eigenvalue weighted by Crippen LogP contribution is -2.31. The molecule has 1 aromatic carbocycles. The molecule has 0 spiro atoms. The first kappa shape index (κ1) is 16.2. The van der Waals surface area contributed by atoms with Crippen LogP contribution in [-0.4, -0.2) is 44.0 Å². The van der Waals surface area contributed by atoms with Gasteiger partial charge in [0.25, 0.3) is 0 Å². The lowest BCUT2D eigenvalue weighted by molar-refractivity contribution is -0.140. The number of rotatable bonds is 7. The van der Waals surface area contributed by atoms with Gasteiger partial charge in [-0.1, -0.05) is 17.7 Å². The van der Waals surface area contributed by atoms with Gasteiger partial charge in [0.2, 0.25) is 5.91 Å². The predicted molar refractivity (Wildman–Crippen MR) is 78.6 cm³/mol. The van der Waals surface area contributed by atoms with E-state index in [2.05, 4.69) is 10.1 Å². The second-order valence-electron chi connectivity index (χ2n) is 4.83. The van der Waals surface area contributed by atoms with Crippen LogP contribution in [0.5, 0.6) is 0 Å². The van der Waals surface area contributed by atoms with Crippen molar-refractivity contribution in [1.82, 2.24) is 4.90 Å². The highest BCUT2D eigenvalue weighted by Gasteiger charge is 2.08. The third kappa shape index (κ3) is 6.33. The molecule has 5 heteroatoms. The van der Waals surface area contributed by atoms with Gasteiger partial charge in [-0.2, -0.15) is 0 Å². The van der Waals surface area contributed by atoms with Gasteiger partial charge in [-0.15, -0.1) is 0 Å². The van der Waals surface area contributed by atoms with Gasteiger partial charge >= 0.3 is 5.97 Å². The van der Waals surface area contributed by atoms with Crippen molar-refractivity contribution in [3.05, 3.63) is 29.8 Å².